The molecule has 0 bridgehead atoms. The Morgan fingerprint density at radius 1 is 1.53 bits per heavy atom. The van der Waals surface area contributed by atoms with Gasteiger partial charge in [-0.15, -0.1) is 0 Å². The fourth-order valence-corrected chi connectivity index (χ4v) is 1.49. The molecule has 90 valence electrons. The molecule has 0 radical (unpaired) electrons. The molecule has 1 aromatic carbocycles. The van der Waals surface area contributed by atoms with Gasteiger partial charge in [0.05, 0.1) is 5.41 Å². The Kier molecular flexibility index (Phi) is 2.61. The van der Waals surface area contributed by atoms with Gasteiger partial charge in [0.2, 0.25) is 0 Å². The van der Waals surface area contributed by atoms with E-state index >= 15 is 0 Å². The van der Waals surface area contributed by atoms with Crippen LogP contribution in [0.4, 0.5) is 4.39 Å². The van der Waals surface area contributed by atoms with Crippen LogP contribution in [0, 0.1) is 11.2 Å². The van der Waals surface area contributed by atoms with Crippen LogP contribution >= 0.6 is 0 Å². The zero-order valence-corrected chi connectivity index (χ0v) is 9.53. The lowest BCUT2D eigenvalue weighted by Gasteiger charge is -2.15. The molecule has 2 aromatic rings. The molecule has 0 aliphatic carbocycles. The number of para-hydroxylation sites is 1. The minimum Gasteiger partial charge on any atom is -0.481 e. The molecule has 0 unspecified atom stereocenters. The van der Waals surface area contributed by atoms with Gasteiger partial charge in [0.1, 0.15) is 5.52 Å². The number of carboxylic acids is 1. The number of carbonyl (C=O) groups is 1. The monoisotopic (exact) mass is 237 g/mol. The summed E-state index contributed by atoms with van der Waals surface area (Å²) >= 11 is 0. The predicted octanol–water partition coefficient (Wildman–Crippen LogP) is 2.62. The highest BCUT2D eigenvalue weighted by Gasteiger charge is 2.30. The zero-order valence-electron chi connectivity index (χ0n) is 9.53. The molecular weight excluding hydrogens is 225 g/mol. The second kappa shape index (κ2) is 3.84. The van der Waals surface area contributed by atoms with Crippen molar-refractivity contribution >= 4 is 17.1 Å². The van der Waals surface area contributed by atoms with Gasteiger partial charge >= 0.3 is 5.97 Å². The van der Waals surface area contributed by atoms with Crippen LogP contribution in [0.1, 0.15) is 19.7 Å². The molecular formula is C12H12FNO3. The van der Waals surface area contributed by atoms with Crippen LogP contribution in [0.2, 0.25) is 0 Å². The molecule has 0 saturated heterocycles. The van der Waals surface area contributed by atoms with Crippen molar-refractivity contribution < 1.29 is 18.7 Å². The molecule has 0 saturated carbocycles. The van der Waals surface area contributed by atoms with Crippen LogP contribution in [0.25, 0.3) is 11.1 Å². The molecule has 0 aliphatic rings. The van der Waals surface area contributed by atoms with Gasteiger partial charge in [0, 0.05) is 6.42 Å². The van der Waals surface area contributed by atoms with E-state index in [4.69, 9.17) is 9.52 Å². The fraction of sp³-hybridized carbons (Fsp3) is 0.333. The largest absolute Gasteiger partial charge is 0.481 e. The first kappa shape index (κ1) is 11.6. The maximum absolute atomic E-state index is 13.3. The number of rotatable bonds is 3. The van der Waals surface area contributed by atoms with E-state index in [0.29, 0.717) is 5.52 Å². The van der Waals surface area contributed by atoms with E-state index in [1.54, 1.807) is 19.9 Å². The maximum atomic E-state index is 13.3. The van der Waals surface area contributed by atoms with E-state index in [-0.39, 0.29) is 17.9 Å². The number of fused-ring (bicyclic) bond motifs is 1. The van der Waals surface area contributed by atoms with Crippen molar-refractivity contribution in [3.63, 3.8) is 0 Å². The predicted molar refractivity (Wildman–Crippen MR) is 59.1 cm³/mol. The maximum Gasteiger partial charge on any atom is 0.309 e. The molecule has 1 N–H and O–H groups in total. The summed E-state index contributed by atoms with van der Waals surface area (Å²) in [6.45, 7) is 3.14. The summed E-state index contributed by atoms with van der Waals surface area (Å²) in [5.74, 6) is -1.20. The van der Waals surface area contributed by atoms with Gasteiger partial charge in [-0.1, -0.05) is 6.07 Å². The summed E-state index contributed by atoms with van der Waals surface area (Å²) in [4.78, 5) is 15.0. The summed E-state index contributed by atoms with van der Waals surface area (Å²) in [5.41, 5.74) is -0.512. The van der Waals surface area contributed by atoms with Crippen LogP contribution in [-0.2, 0) is 11.2 Å². The zero-order chi connectivity index (χ0) is 12.6. The van der Waals surface area contributed by atoms with E-state index in [1.165, 1.54) is 12.1 Å². The average molecular weight is 237 g/mol. The lowest BCUT2D eigenvalue weighted by atomic mass is 9.90. The number of hydrogen-bond acceptors (Lipinski definition) is 3. The van der Waals surface area contributed by atoms with E-state index in [1.807, 2.05) is 0 Å². The highest BCUT2D eigenvalue weighted by molar-refractivity contribution is 5.75. The molecule has 17 heavy (non-hydrogen) atoms. The number of aliphatic carboxylic acids is 1. The van der Waals surface area contributed by atoms with Crippen LogP contribution < -0.4 is 0 Å². The lowest BCUT2D eigenvalue weighted by molar-refractivity contribution is -0.147. The minimum atomic E-state index is -0.989. The molecule has 0 amide bonds. The second-order valence-electron chi connectivity index (χ2n) is 4.56. The normalized spacial score (nSPS) is 11.9. The molecule has 1 heterocycles. The highest BCUT2D eigenvalue weighted by atomic mass is 19.1. The van der Waals surface area contributed by atoms with Crippen LogP contribution in [0.3, 0.4) is 0 Å². The Hall–Kier alpha value is -1.91. The smallest absolute Gasteiger partial charge is 0.309 e. The second-order valence-corrected chi connectivity index (χ2v) is 4.56. The Bertz CT molecular complexity index is 574. The third-order valence-corrected chi connectivity index (χ3v) is 2.58. The first-order chi connectivity index (χ1) is 7.90. The number of hydrogen-bond donors (Lipinski definition) is 1. The number of carboxylic acid groups (broad SMARTS) is 1. The summed E-state index contributed by atoms with van der Waals surface area (Å²) in [6, 6.07) is 4.44. The molecule has 0 atom stereocenters. The molecule has 0 aliphatic heterocycles. The standard InChI is InChI=1S/C12H12FNO3/c1-12(2,11(15)16)6-9-14-8-5-3-4-7(13)10(8)17-9/h3-5H,6H2,1-2H3,(H,15,16). The molecule has 0 spiro atoms. The number of oxazole rings is 1. The van der Waals surface area contributed by atoms with Gasteiger partial charge in [0.15, 0.2) is 17.3 Å². The Morgan fingerprint density at radius 3 is 2.82 bits per heavy atom. The van der Waals surface area contributed by atoms with Crippen LogP contribution in [-0.4, -0.2) is 16.1 Å². The number of nitrogens with zero attached hydrogens (tertiary/aromatic N) is 1. The van der Waals surface area contributed by atoms with E-state index in [0.717, 1.165) is 0 Å². The van der Waals surface area contributed by atoms with E-state index in [9.17, 15) is 9.18 Å². The minimum absolute atomic E-state index is 0.0729. The van der Waals surface area contributed by atoms with Crippen molar-refractivity contribution in [2.45, 2.75) is 20.3 Å². The van der Waals surface area contributed by atoms with Crippen LogP contribution in [0.5, 0.6) is 0 Å². The third kappa shape index (κ3) is 2.13. The summed E-state index contributed by atoms with van der Waals surface area (Å²) in [6.07, 6.45) is 0.121. The summed E-state index contributed by atoms with van der Waals surface area (Å²) < 4.78 is 18.6. The molecule has 1 aromatic heterocycles. The molecule has 2 rings (SSSR count). The van der Waals surface area contributed by atoms with Gasteiger partial charge in [-0.3, -0.25) is 4.79 Å². The Morgan fingerprint density at radius 2 is 2.24 bits per heavy atom. The van der Waals surface area contributed by atoms with Gasteiger partial charge < -0.3 is 9.52 Å². The fourth-order valence-electron chi connectivity index (χ4n) is 1.49. The van der Waals surface area contributed by atoms with Crippen molar-refractivity contribution in [3.05, 3.63) is 29.9 Å². The average Bonchev–Trinajstić information content (AvgIpc) is 2.60. The Balaban J connectivity index is 2.38. The van der Waals surface area contributed by atoms with E-state index in [2.05, 4.69) is 4.98 Å². The third-order valence-electron chi connectivity index (χ3n) is 2.58. The van der Waals surface area contributed by atoms with E-state index < -0.39 is 17.2 Å². The Labute approximate surface area is 97.1 Å². The summed E-state index contributed by atoms with van der Waals surface area (Å²) in [5, 5.41) is 8.99. The van der Waals surface area contributed by atoms with Crippen molar-refractivity contribution in [2.24, 2.45) is 5.41 Å². The number of aromatic nitrogens is 1. The lowest BCUT2D eigenvalue weighted by Crippen LogP contribution is -2.26. The molecule has 4 nitrogen and oxygen atoms in total. The van der Waals surface area contributed by atoms with Gasteiger partial charge in [-0.2, -0.15) is 0 Å². The highest BCUT2D eigenvalue weighted by Crippen LogP contribution is 2.25. The first-order valence-electron chi connectivity index (χ1n) is 5.17. The summed E-state index contributed by atoms with van der Waals surface area (Å²) in [7, 11) is 0. The quantitative estimate of drug-likeness (QED) is 0.891. The van der Waals surface area contributed by atoms with Gasteiger partial charge in [-0.05, 0) is 26.0 Å². The molecule has 0 fully saturated rings. The number of benzene rings is 1. The van der Waals surface area contributed by atoms with Crippen molar-refractivity contribution in [1.82, 2.24) is 4.98 Å². The topological polar surface area (TPSA) is 63.3 Å². The van der Waals surface area contributed by atoms with Gasteiger partial charge in [-0.25, -0.2) is 9.37 Å². The first-order valence-corrected chi connectivity index (χ1v) is 5.17. The van der Waals surface area contributed by atoms with Crippen molar-refractivity contribution in [1.29, 1.82) is 0 Å². The number of halogens is 1. The van der Waals surface area contributed by atoms with Crippen molar-refractivity contribution in [2.75, 3.05) is 0 Å². The van der Waals surface area contributed by atoms with Gasteiger partial charge in [0.25, 0.3) is 0 Å². The van der Waals surface area contributed by atoms with Crippen molar-refractivity contribution in [3.8, 4) is 0 Å². The van der Waals surface area contributed by atoms with Crippen LogP contribution in [0.15, 0.2) is 22.6 Å². The SMILES string of the molecule is CC(C)(Cc1nc2cccc(F)c2o1)C(=O)O. The molecule has 5 heteroatoms.